The summed E-state index contributed by atoms with van der Waals surface area (Å²) in [6.45, 7) is 5.48. The van der Waals surface area contributed by atoms with Gasteiger partial charge < -0.3 is 14.8 Å². The minimum atomic E-state index is -1.16. The SMILES string of the molecule is CC(C)c1ccc(-c2csc(N(Cc3cccs3)Cc3ccccc3C(=O)[O-])n2)cc1. The van der Waals surface area contributed by atoms with E-state index in [-0.39, 0.29) is 5.56 Å². The average molecular weight is 448 g/mol. The second-order valence-electron chi connectivity index (χ2n) is 7.67. The molecule has 4 rings (SSSR count). The Morgan fingerprint density at radius 2 is 1.77 bits per heavy atom. The molecular formula is C25H23N2O2S2-. The van der Waals surface area contributed by atoms with E-state index in [4.69, 9.17) is 4.98 Å². The first kappa shape index (κ1) is 21.3. The van der Waals surface area contributed by atoms with Gasteiger partial charge in [-0.1, -0.05) is 68.4 Å². The largest absolute Gasteiger partial charge is 0.545 e. The van der Waals surface area contributed by atoms with E-state index >= 15 is 0 Å². The van der Waals surface area contributed by atoms with Crippen LogP contribution in [0.3, 0.4) is 0 Å². The smallest absolute Gasteiger partial charge is 0.186 e. The quantitative estimate of drug-likeness (QED) is 0.355. The third-order valence-corrected chi connectivity index (χ3v) is 6.92. The van der Waals surface area contributed by atoms with E-state index in [1.165, 1.54) is 10.4 Å². The van der Waals surface area contributed by atoms with Gasteiger partial charge in [-0.15, -0.1) is 22.7 Å². The number of hydrogen-bond donors (Lipinski definition) is 0. The summed E-state index contributed by atoms with van der Waals surface area (Å²) in [6.07, 6.45) is 0. The van der Waals surface area contributed by atoms with E-state index in [9.17, 15) is 9.90 Å². The van der Waals surface area contributed by atoms with Crippen LogP contribution in [0.25, 0.3) is 11.3 Å². The predicted molar refractivity (Wildman–Crippen MR) is 127 cm³/mol. The monoisotopic (exact) mass is 447 g/mol. The molecule has 0 spiro atoms. The molecule has 0 radical (unpaired) electrons. The molecule has 0 aliphatic rings. The second-order valence-corrected chi connectivity index (χ2v) is 9.54. The molecular weight excluding hydrogens is 424 g/mol. The van der Waals surface area contributed by atoms with Crippen LogP contribution in [0, 0.1) is 0 Å². The van der Waals surface area contributed by atoms with Crippen molar-refractivity contribution >= 4 is 33.8 Å². The minimum absolute atomic E-state index is 0.222. The molecule has 0 amide bonds. The van der Waals surface area contributed by atoms with Crippen LogP contribution in [0.4, 0.5) is 5.13 Å². The van der Waals surface area contributed by atoms with Crippen molar-refractivity contribution in [2.45, 2.75) is 32.9 Å². The Kier molecular flexibility index (Phi) is 6.49. The fourth-order valence-electron chi connectivity index (χ4n) is 3.43. The van der Waals surface area contributed by atoms with Crippen LogP contribution in [0.5, 0.6) is 0 Å². The van der Waals surface area contributed by atoms with Crippen molar-refractivity contribution in [2.75, 3.05) is 4.90 Å². The molecule has 31 heavy (non-hydrogen) atoms. The number of aromatic carboxylic acids is 1. The van der Waals surface area contributed by atoms with Crippen molar-refractivity contribution in [3.63, 3.8) is 0 Å². The van der Waals surface area contributed by atoms with Crippen LogP contribution >= 0.6 is 22.7 Å². The second kappa shape index (κ2) is 9.45. The number of carboxylic acid groups (broad SMARTS) is 1. The summed E-state index contributed by atoms with van der Waals surface area (Å²) in [5.41, 5.74) is 4.26. The van der Waals surface area contributed by atoms with E-state index in [0.29, 0.717) is 19.0 Å². The number of rotatable bonds is 8. The van der Waals surface area contributed by atoms with Gasteiger partial charge in [0.2, 0.25) is 0 Å². The van der Waals surface area contributed by atoms with Crippen molar-refractivity contribution in [3.8, 4) is 11.3 Å². The van der Waals surface area contributed by atoms with E-state index in [0.717, 1.165) is 22.0 Å². The highest BCUT2D eigenvalue weighted by molar-refractivity contribution is 7.14. The van der Waals surface area contributed by atoms with Gasteiger partial charge in [-0.3, -0.25) is 0 Å². The van der Waals surface area contributed by atoms with Crippen molar-refractivity contribution in [2.24, 2.45) is 0 Å². The number of carbonyl (C=O) groups is 1. The Hall–Kier alpha value is -2.96. The van der Waals surface area contributed by atoms with Crippen LogP contribution in [-0.2, 0) is 13.1 Å². The molecule has 0 unspecified atom stereocenters. The lowest BCUT2D eigenvalue weighted by molar-refractivity contribution is -0.255. The zero-order chi connectivity index (χ0) is 21.8. The summed E-state index contributed by atoms with van der Waals surface area (Å²) in [5.74, 6) is -0.665. The fraction of sp³-hybridized carbons (Fsp3) is 0.200. The maximum Gasteiger partial charge on any atom is 0.186 e. The van der Waals surface area contributed by atoms with Crippen LogP contribution in [0.15, 0.2) is 71.4 Å². The van der Waals surface area contributed by atoms with Crippen molar-refractivity contribution in [1.82, 2.24) is 4.98 Å². The van der Waals surface area contributed by atoms with Gasteiger partial charge in [0, 0.05) is 27.9 Å². The van der Waals surface area contributed by atoms with Gasteiger partial charge in [-0.2, -0.15) is 0 Å². The molecule has 2 aromatic heterocycles. The summed E-state index contributed by atoms with van der Waals surface area (Å²) in [5, 5.41) is 16.6. The van der Waals surface area contributed by atoms with Crippen LogP contribution in [0.1, 0.15) is 46.1 Å². The minimum Gasteiger partial charge on any atom is -0.545 e. The summed E-state index contributed by atoms with van der Waals surface area (Å²) in [7, 11) is 0. The number of nitrogens with zero attached hydrogens (tertiary/aromatic N) is 2. The molecule has 0 N–H and O–H groups in total. The molecule has 0 saturated carbocycles. The van der Waals surface area contributed by atoms with Crippen LogP contribution < -0.4 is 10.0 Å². The molecule has 2 heterocycles. The Bertz CT molecular complexity index is 1150. The van der Waals surface area contributed by atoms with Gasteiger partial charge in [0.15, 0.2) is 5.13 Å². The highest BCUT2D eigenvalue weighted by atomic mass is 32.1. The third kappa shape index (κ3) is 5.03. The Labute approximate surface area is 190 Å². The maximum atomic E-state index is 11.6. The van der Waals surface area contributed by atoms with Crippen molar-refractivity contribution < 1.29 is 9.90 Å². The zero-order valence-corrected chi connectivity index (χ0v) is 19.1. The lowest BCUT2D eigenvalue weighted by Gasteiger charge is -2.23. The molecule has 4 nitrogen and oxygen atoms in total. The zero-order valence-electron chi connectivity index (χ0n) is 17.4. The topological polar surface area (TPSA) is 56.3 Å². The first-order valence-electron chi connectivity index (χ1n) is 10.1. The van der Waals surface area contributed by atoms with Gasteiger partial charge in [0.25, 0.3) is 0 Å². The first-order valence-corrected chi connectivity index (χ1v) is 11.9. The van der Waals surface area contributed by atoms with Crippen LogP contribution in [0.2, 0.25) is 0 Å². The molecule has 2 aromatic carbocycles. The van der Waals surface area contributed by atoms with Crippen LogP contribution in [-0.4, -0.2) is 11.0 Å². The highest BCUT2D eigenvalue weighted by Crippen LogP contribution is 2.31. The lowest BCUT2D eigenvalue weighted by Crippen LogP contribution is -2.27. The normalized spacial score (nSPS) is 11.1. The molecule has 6 heteroatoms. The third-order valence-electron chi connectivity index (χ3n) is 5.16. The number of thiophene rings is 1. The number of thiazole rings is 1. The van der Waals surface area contributed by atoms with E-state index in [2.05, 4.69) is 54.5 Å². The molecule has 0 atom stereocenters. The lowest BCUT2D eigenvalue weighted by atomic mass is 10.0. The molecule has 158 valence electrons. The van der Waals surface area contributed by atoms with Gasteiger partial charge in [-0.25, -0.2) is 4.98 Å². The number of hydrogen-bond acceptors (Lipinski definition) is 6. The molecule has 4 aromatic rings. The highest BCUT2D eigenvalue weighted by Gasteiger charge is 2.16. The molecule has 0 aliphatic carbocycles. The predicted octanol–water partition coefficient (Wildman–Crippen LogP) is 5.57. The number of anilines is 1. The van der Waals surface area contributed by atoms with E-state index in [1.807, 2.05) is 23.6 Å². The van der Waals surface area contributed by atoms with Gasteiger partial charge in [-0.05, 0) is 28.5 Å². The average Bonchev–Trinajstić information content (AvgIpc) is 3.46. The fourth-order valence-corrected chi connectivity index (χ4v) is 4.98. The van der Waals surface area contributed by atoms with E-state index in [1.54, 1.807) is 34.8 Å². The van der Waals surface area contributed by atoms with Crippen molar-refractivity contribution in [1.29, 1.82) is 0 Å². The van der Waals surface area contributed by atoms with Gasteiger partial charge in [0.05, 0.1) is 18.2 Å². The van der Waals surface area contributed by atoms with E-state index < -0.39 is 5.97 Å². The maximum absolute atomic E-state index is 11.6. The van der Waals surface area contributed by atoms with Gasteiger partial charge >= 0.3 is 0 Å². The number of aromatic nitrogens is 1. The number of carboxylic acids is 1. The standard InChI is InChI=1S/C25H24N2O2S2/c1-17(2)18-9-11-19(12-10-18)23-16-31-25(26-23)27(15-21-7-5-13-30-21)14-20-6-3-4-8-22(20)24(28)29/h3-13,16-17H,14-15H2,1-2H3,(H,28,29)/p-1. The Morgan fingerprint density at radius 3 is 2.45 bits per heavy atom. The summed E-state index contributed by atoms with van der Waals surface area (Å²) >= 11 is 3.26. The van der Waals surface area contributed by atoms with Gasteiger partial charge in [0.1, 0.15) is 0 Å². The molecule has 0 aliphatic heterocycles. The Balaban J connectivity index is 1.64. The molecule has 0 fully saturated rings. The number of benzene rings is 2. The first-order chi connectivity index (χ1) is 15.0. The summed E-state index contributed by atoms with van der Waals surface area (Å²) < 4.78 is 0. The molecule has 0 bridgehead atoms. The Morgan fingerprint density at radius 1 is 1.00 bits per heavy atom. The summed E-state index contributed by atoms with van der Waals surface area (Å²) in [6, 6.07) is 19.7. The summed E-state index contributed by atoms with van der Waals surface area (Å²) in [4.78, 5) is 19.8. The van der Waals surface area contributed by atoms with Crippen molar-refractivity contribution in [3.05, 3.63) is 93.0 Å². The molecule has 0 saturated heterocycles. The number of carbonyl (C=O) groups excluding carboxylic acids is 1.